The van der Waals surface area contributed by atoms with Gasteiger partial charge in [-0.1, -0.05) is 18.2 Å². The second-order valence-corrected chi connectivity index (χ2v) is 8.32. The molecule has 7 nitrogen and oxygen atoms in total. The quantitative estimate of drug-likeness (QED) is 0.536. The van der Waals surface area contributed by atoms with Crippen molar-refractivity contribution in [3.8, 4) is 0 Å². The minimum Gasteiger partial charge on any atom is -0.452 e. The van der Waals surface area contributed by atoms with Crippen LogP contribution in [-0.4, -0.2) is 32.2 Å². The van der Waals surface area contributed by atoms with Gasteiger partial charge >= 0.3 is 5.97 Å². The molecule has 0 bridgehead atoms. The molecule has 0 spiro atoms. The standard InChI is InChI=1S/C18H20N2O5S2/c1-12-5-3-4-6-16(12)26-11-17(21)25-13(2)18(22)20-14-7-9-15(10-8-14)27(19,23)24/h3-10,13H,11H2,1-2H3,(H,20,22)(H2,19,23,24)/t13-/m1/s1. The van der Waals surface area contributed by atoms with E-state index in [2.05, 4.69) is 5.32 Å². The molecule has 1 atom stereocenters. The van der Waals surface area contributed by atoms with Crippen LogP contribution in [0.15, 0.2) is 58.3 Å². The molecule has 0 radical (unpaired) electrons. The van der Waals surface area contributed by atoms with Crippen LogP contribution in [0.5, 0.6) is 0 Å². The highest BCUT2D eigenvalue weighted by atomic mass is 32.2. The molecule has 2 aromatic rings. The SMILES string of the molecule is Cc1ccccc1SCC(=O)O[C@H](C)C(=O)Nc1ccc(S(N)(=O)=O)cc1. The van der Waals surface area contributed by atoms with E-state index in [1.54, 1.807) is 0 Å². The molecular weight excluding hydrogens is 388 g/mol. The van der Waals surface area contributed by atoms with E-state index in [-0.39, 0.29) is 10.6 Å². The van der Waals surface area contributed by atoms with E-state index in [0.717, 1.165) is 10.5 Å². The number of sulfonamides is 1. The lowest BCUT2D eigenvalue weighted by Crippen LogP contribution is -2.30. The highest BCUT2D eigenvalue weighted by molar-refractivity contribution is 8.00. The molecule has 0 fully saturated rings. The van der Waals surface area contributed by atoms with Crippen molar-refractivity contribution in [3.05, 3.63) is 54.1 Å². The third kappa shape index (κ3) is 6.38. The molecular formula is C18H20N2O5S2. The first-order chi connectivity index (χ1) is 12.7. The van der Waals surface area contributed by atoms with E-state index in [4.69, 9.17) is 9.88 Å². The van der Waals surface area contributed by atoms with Gasteiger partial charge in [0.1, 0.15) is 0 Å². The van der Waals surface area contributed by atoms with Crippen molar-refractivity contribution in [1.82, 2.24) is 0 Å². The van der Waals surface area contributed by atoms with Gasteiger partial charge < -0.3 is 10.1 Å². The number of carbonyl (C=O) groups excluding carboxylic acids is 2. The number of hydrogen-bond donors (Lipinski definition) is 2. The van der Waals surface area contributed by atoms with E-state index < -0.39 is 28.0 Å². The van der Waals surface area contributed by atoms with Crippen LogP contribution < -0.4 is 10.5 Å². The molecule has 0 aliphatic rings. The fourth-order valence-electron chi connectivity index (χ4n) is 2.11. The fourth-order valence-corrected chi connectivity index (χ4v) is 3.44. The average Bonchev–Trinajstić information content (AvgIpc) is 2.60. The Labute approximate surface area is 162 Å². The minimum atomic E-state index is -3.80. The van der Waals surface area contributed by atoms with Gasteiger partial charge in [0.05, 0.1) is 10.6 Å². The lowest BCUT2D eigenvalue weighted by Gasteiger charge is -2.14. The number of carbonyl (C=O) groups is 2. The Morgan fingerprint density at radius 3 is 2.37 bits per heavy atom. The van der Waals surface area contributed by atoms with E-state index in [1.165, 1.54) is 43.0 Å². The van der Waals surface area contributed by atoms with Crippen molar-refractivity contribution in [2.24, 2.45) is 5.14 Å². The number of rotatable bonds is 7. The van der Waals surface area contributed by atoms with Gasteiger partial charge in [-0.25, -0.2) is 13.6 Å². The maximum absolute atomic E-state index is 12.1. The van der Waals surface area contributed by atoms with Gasteiger partial charge in [-0.15, -0.1) is 11.8 Å². The number of hydrogen-bond acceptors (Lipinski definition) is 6. The van der Waals surface area contributed by atoms with Crippen LogP contribution in [-0.2, 0) is 24.3 Å². The number of ether oxygens (including phenoxy) is 1. The zero-order chi connectivity index (χ0) is 20.0. The molecule has 0 saturated carbocycles. The number of benzene rings is 2. The topological polar surface area (TPSA) is 116 Å². The summed E-state index contributed by atoms with van der Waals surface area (Å²) in [5.41, 5.74) is 1.42. The molecule has 0 heterocycles. The van der Waals surface area contributed by atoms with Gasteiger partial charge in [-0.3, -0.25) is 9.59 Å². The van der Waals surface area contributed by atoms with Crippen LogP contribution >= 0.6 is 11.8 Å². The Morgan fingerprint density at radius 1 is 1.15 bits per heavy atom. The number of nitrogens with two attached hydrogens (primary N) is 1. The molecule has 0 aliphatic heterocycles. The molecule has 2 rings (SSSR count). The van der Waals surface area contributed by atoms with Crippen LogP contribution in [0.1, 0.15) is 12.5 Å². The highest BCUT2D eigenvalue weighted by Crippen LogP contribution is 2.22. The molecule has 144 valence electrons. The predicted octanol–water partition coefficient (Wildman–Crippen LogP) is 2.30. The lowest BCUT2D eigenvalue weighted by molar-refractivity contribution is -0.150. The molecule has 2 aromatic carbocycles. The number of nitrogens with one attached hydrogen (secondary N) is 1. The Morgan fingerprint density at radius 2 is 1.78 bits per heavy atom. The summed E-state index contributed by atoms with van der Waals surface area (Å²) in [7, 11) is -3.80. The van der Waals surface area contributed by atoms with Crippen LogP contribution in [0.2, 0.25) is 0 Å². The lowest BCUT2D eigenvalue weighted by atomic mass is 10.2. The summed E-state index contributed by atoms with van der Waals surface area (Å²) in [5.74, 6) is -0.936. The van der Waals surface area contributed by atoms with Crippen molar-refractivity contribution in [2.75, 3.05) is 11.1 Å². The average molecular weight is 409 g/mol. The number of amides is 1. The van der Waals surface area contributed by atoms with Gasteiger partial charge in [0.15, 0.2) is 6.10 Å². The molecule has 0 saturated heterocycles. The second kappa shape index (κ2) is 9.03. The predicted molar refractivity (Wildman–Crippen MR) is 104 cm³/mol. The zero-order valence-electron chi connectivity index (χ0n) is 14.8. The van der Waals surface area contributed by atoms with Gasteiger partial charge in [-0.2, -0.15) is 0 Å². The maximum atomic E-state index is 12.1. The molecule has 0 aromatic heterocycles. The Bertz CT molecular complexity index is 927. The highest BCUT2D eigenvalue weighted by Gasteiger charge is 2.18. The van der Waals surface area contributed by atoms with Gasteiger partial charge in [0.2, 0.25) is 10.0 Å². The van der Waals surface area contributed by atoms with Crippen molar-refractivity contribution in [3.63, 3.8) is 0 Å². The monoisotopic (exact) mass is 408 g/mol. The summed E-state index contributed by atoms with van der Waals surface area (Å²) in [6.07, 6.45) is -0.993. The first-order valence-electron chi connectivity index (χ1n) is 7.98. The number of thioether (sulfide) groups is 1. The van der Waals surface area contributed by atoms with Gasteiger partial charge in [-0.05, 0) is 49.7 Å². The van der Waals surface area contributed by atoms with Crippen LogP contribution in [0.4, 0.5) is 5.69 Å². The van der Waals surface area contributed by atoms with Crippen LogP contribution in [0.25, 0.3) is 0 Å². The molecule has 9 heteroatoms. The number of anilines is 1. The number of aryl methyl sites for hydroxylation is 1. The van der Waals surface area contributed by atoms with Crippen molar-refractivity contribution >= 4 is 39.3 Å². The third-order valence-corrected chi connectivity index (χ3v) is 5.65. The molecule has 0 aliphatic carbocycles. The van der Waals surface area contributed by atoms with Crippen molar-refractivity contribution in [2.45, 2.75) is 29.7 Å². The summed E-state index contributed by atoms with van der Waals surface area (Å²) in [4.78, 5) is 25.0. The van der Waals surface area contributed by atoms with E-state index >= 15 is 0 Å². The summed E-state index contributed by atoms with van der Waals surface area (Å²) < 4.78 is 27.6. The normalized spacial score (nSPS) is 12.3. The smallest absolute Gasteiger partial charge is 0.317 e. The summed E-state index contributed by atoms with van der Waals surface area (Å²) in [5, 5.41) is 7.57. The van der Waals surface area contributed by atoms with Crippen LogP contribution in [0, 0.1) is 6.92 Å². The molecule has 27 heavy (non-hydrogen) atoms. The summed E-state index contributed by atoms with van der Waals surface area (Å²) in [6.45, 7) is 3.41. The van der Waals surface area contributed by atoms with E-state index in [0.29, 0.717) is 5.69 Å². The third-order valence-electron chi connectivity index (χ3n) is 3.57. The van der Waals surface area contributed by atoms with Gasteiger partial charge in [0, 0.05) is 10.6 Å². The Hall–Kier alpha value is -2.36. The number of primary sulfonamides is 1. The Kier molecular flexibility index (Phi) is 7.00. The second-order valence-electron chi connectivity index (χ2n) is 5.74. The largest absolute Gasteiger partial charge is 0.452 e. The molecule has 0 unspecified atom stereocenters. The first kappa shape index (κ1) is 20.9. The Balaban J connectivity index is 1.86. The van der Waals surface area contributed by atoms with E-state index in [9.17, 15) is 18.0 Å². The summed E-state index contributed by atoms with van der Waals surface area (Å²) >= 11 is 1.34. The number of esters is 1. The van der Waals surface area contributed by atoms with Gasteiger partial charge in [0.25, 0.3) is 5.91 Å². The maximum Gasteiger partial charge on any atom is 0.317 e. The first-order valence-corrected chi connectivity index (χ1v) is 10.5. The molecule has 3 N–H and O–H groups in total. The van der Waals surface area contributed by atoms with Crippen molar-refractivity contribution in [1.29, 1.82) is 0 Å². The summed E-state index contributed by atoms with van der Waals surface area (Å²) in [6, 6.07) is 13.0. The fraction of sp³-hybridized carbons (Fsp3) is 0.222. The minimum absolute atomic E-state index is 0.0618. The zero-order valence-corrected chi connectivity index (χ0v) is 16.5. The van der Waals surface area contributed by atoms with Crippen molar-refractivity contribution < 1.29 is 22.7 Å². The van der Waals surface area contributed by atoms with E-state index in [1.807, 2.05) is 31.2 Å². The molecule has 1 amide bonds. The van der Waals surface area contributed by atoms with Crippen LogP contribution in [0.3, 0.4) is 0 Å².